The van der Waals surface area contributed by atoms with Crippen molar-refractivity contribution in [2.75, 3.05) is 14.2 Å². The minimum absolute atomic E-state index is 0.376. The molecular weight excluding hydrogens is 310 g/mol. The number of methoxy groups -OCH3 is 2. The molecule has 1 heterocycles. The zero-order valence-corrected chi connectivity index (χ0v) is 12.7. The highest BCUT2D eigenvalue weighted by Crippen LogP contribution is 2.34. The van der Waals surface area contributed by atoms with Gasteiger partial charge in [-0.25, -0.2) is 4.98 Å². The summed E-state index contributed by atoms with van der Waals surface area (Å²) in [5.74, 6) is 2.28. The topological polar surface area (TPSA) is 62.3 Å². The molecule has 2 rings (SSSR count). The van der Waals surface area contributed by atoms with Crippen LogP contribution in [-0.4, -0.2) is 23.8 Å². The fourth-order valence-electron chi connectivity index (χ4n) is 1.90. The summed E-state index contributed by atoms with van der Waals surface area (Å²) in [5, 5.41) is 0. The first-order valence-electron chi connectivity index (χ1n) is 5.76. The van der Waals surface area contributed by atoms with Crippen LogP contribution in [0.2, 0.25) is 0 Å². The summed E-state index contributed by atoms with van der Waals surface area (Å²) < 4.78 is 13.4. The fraction of sp³-hybridized carbons (Fsp3) is 0.308. The summed E-state index contributed by atoms with van der Waals surface area (Å²) in [6.07, 6.45) is 0. The summed E-state index contributed by atoms with van der Waals surface area (Å²) in [5.41, 5.74) is 7.35. The lowest BCUT2D eigenvalue weighted by Gasteiger charge is -2.10. The Morgan fingerprint density at radius 2 is 2.05 bits per heavy atom. The molecule has 0 unspecified atom stereocenters. The van der Waals surface area contributed by atoms with Crippen molar-refractivity contribution in [3.63, 3.8) is 0 Å². The predicted octanol–water partition coefficient (Wildman–Crippen LogP) is 2.33. The van der Waals surface area contributed by atoms with E-state index in [9.17, 15) is 0 Å². The van der Waals surface area contributed by atoms with Crippen molar-refractivity contribution in [3.8, 4) is 22.9 Å². The van der Waals surface area contributed by atoms with Crippen LogP contribution in [0.15, 0.2) is 22.8 Å². The molecule has 2 N–H and O–H groups in total. The summed E-state index contributed by atoms with van der Waals surface area (Å²) in [7, 11) is 5.18. The molecule has 102 valence electrons. The van der Waals surface area contributed by atoms with E-state index in [1.54, 1.807) is 14.2 Å². The Kier molecular flexibility index (Phi) is 4.11. The minimum atomic E-state index is 0.376. The summed E-state index contributed by atoms with van der Waals surface area (Å²) in [4.78, 5) is 4.54. The molecular formula is C13H16BrN3O2. The average Bonchev–Trinajstić information content (AvgIpc) is 2.74. The molecule has 6 heteroatoms. The second-order valence-electron chi connectivity index (χ2n) is 4.00. The highest BCUT2D eigenvalue weighted by molar-refractivity contribution is 9.10. The van der Waals surface area contributed by atoms with Gasteiger partial charge < -0.3 is 19.8 Å². The van der Waals surface area contributed by atoms with E-state index < -0.39 is 0 Å². The van der Waals surface area contributed by atoms with Gasteiger partial charge in [-0.3, -0.25) is 0 Å². The van der Waals surface area contributed by atoms with Gasteiger partial charge in [-0.1, -0.05) is 0 Å². The third-order valence-electron chi connectivity index (χ3n) is 2.93. The van der Waals surface area contributed by atoms with Crippen LogP contribution in [0.5, 0.6) is 11.5 Å². The van der Waals surface area contributed by atoms with Crippen LogP contribution in [0.3, 0.4) is 0 Å². The molecule has 0 radical (unpaired) electrons. The number of halogens is 1. The number of rotatable bonds is 4. The van der Waals surface area contributed by atoms with Gasteiger partial charge in [-0.15, -0.1) is 0 Å². The molecule has 0 bridgehead atoms. The standard InChI is InChI=1S/C13H16BrN3O2/c1-17-12(14)10(7-15)16-13(17)9-6-8(18-2)4-5-11(9)19-3/h4-6H,7,15H2,1-3H3. The maximum atomic E-state index is 5.68. The molecule has 0 aliphatic carbocycles. The minimum Gasteiger partial charge on any atom is -0.497 e. The van der Waals surface area contributed by atoms with Crippen LogP contribution >= 0.6 is 15.9 Å². The number of imidazole rings is 1. The average molecular weight is 326 g/mol. The van der Waals surface area contributed by atoms with Crippen molar-refractivity contribution in [1.29, 1.82) is 0 Å². The summed E-state index contributed by atoms with van der Waals surface area (Å²) in [6.45, 7) is 0.376. The number of hydrogen-bond acceptors (Lipinski definition) is 4. The zero-order chi connectivity index (χ0) is 14.0. The maximum absolute atomic E-state index is 5.68. The molecule has 2 aromatic rings. The number of nitrogens with zero attached hydrogens (tertiary/aromatic N) is 2. The highest BCUT2D eigenvalue weighted by atomic mass is 79.9. The van der Waals surface area contributed by atoms with E-state index in [1.165, 1.54) is 0 Å². The van der Waals surface area contributed by atoms with E-state index in [2.05, 4.69) is 20.9 Å². The molecule has 1 aromatic heterocycles. The number of ether oxygens (including phenoxy) is 2. The van der Waals surface area contributed by atoms with Crippen LogP contribution in [0, 0.1) is 0 Å². The lowest BCUT2D eigenvalue weighted by molar-refractivity contribution is 0.404. The van der Waals surface area contributed by atoms with Gasteiger partial charge in [-0.05, 0) is 34.1 Å². The quantitative estimate of drug-likeness (QED) is 0.937. The van der Waals surface area contributed by atoms with Gasteiger partial charge in [0, 0.05) is 13.6 Å². The van der Waals surface area contributed by atoms with Crippen molar-refractivity contribution >= 4 is 15.9 Å². The Hall–Kier alpha value is -1.53. The molecule has 0 saturated heterocycles. The Balaban J connectivity index is 2.63. The molecule has 1 aromatic carbocycles. The Labute approximate surface area is 120 Å². The molecule has 0 atom stereocenters. The van der Waals surface area contributed by atoms with Gasteiger partial charge in [0.1, 0.15) is 21.9 Å². The third kappa shape index (κ3) is 2.46. The number of aromatic nitrogens is 2. The summed E-state index contributed by atoms with van der Waals surface area (Å²) >= 11 is 3.49. The Bertz CT molecular complexity index is 596. The van der Waals surface area contributed by atoms with Gasteiger partial charge >= 0.3 is 0 Å². The molecule has 0 spiro atoms. The normalized spacial score (nSPS) is 10.6. The van der Waals surface area contributed by atoms with E-state index in [-0.39, 0.29) is 0 Å². The van der Waals surface area contributed by atoms with E-state index in [0.717, 1.165) is 33.2 Å². The molecule has 0 amide bonds. The lowest BCUT2D eigenvalue weighted by atomic mass is 10.1. The molecule has 0 saturated carbocycles. The largest absolute Gasteiger partial charge is 0.497 e. The predicted molar refractivity (Wildman–Crippen MR) is 77.3 cm³/mol. The smallest absolute Gasteiger partial charge is 0.144 e. The number of hydrogen-bond donors (Lipinski definition) is 1. The SMILES string of the molecule is COc1ccc(OC)c(-c2nc(CN)c(Br)n2C)c1. The first kappa shape index (κ1) is 13.9. The van der Waals surface area contributed by atoms with Crippen LogP contribution in [-0.2, 0) is 13.6 Å². The highest BCUT2D eigenvalue weighted by Gasteiger charge is 2.17. The van der Waals surface area contributed by atoms with Gasteiger partial charge in [0.05, 0.1) is 25.5 Å². The fourth-order valence-corrected chi connectivity index (χ4v) is 2.31. The van der Waals surface area contributed by atoms with Gasteiger partial charge in [0.25, 0.3) is 0 Å². The van der Waals surface area contributed by atoms with E-state index >= 15 is 0 Å². The second-order valence-corrected chi connectivity index (χ2v) is 4.75. The molecule has 5 nitrogen and oxygen atoms in total. The molecule has 0 aliphatic rings. The molecule has 0 aliphatic heterocycles. The maximum Gasteiger partial charge on any atom is 0.144 e. The van der Waals surface area contributed by atoms with Crippen molar-refractivity contribution in [2.24, 2.45) is 12.8 Å². The van der Waals surface area contributed by atoms with Crippen molar-refractivity contribution < 1.29 is 9.47 Å². The number of benzene rings is 1. The second kappa shape index (κ2) is 5.63. The number of nitrogens with two attached hydrogens (primary N) is 1. The van der Waals surface area contributed by atoms with Crippen LogP contribution in [0.25, 0.3) is 11.4 Å². The van der Waals surface area contributed by atoms with E-state index in [1.807, 2.05) is 29.8 Å². The van der Waals surface area contributed by atoms with Crippen molar-refractivity contribution in [1.82, 2.24) is 9.55 Å². The van der Waals surface area contributed by atoms with Crippen LogP contribution in [0.4, 0.5) is 0 Å². The third-order valence-corrected chi connectivity index (χ3v) is 3.92. The summed E-state index contributed by atoms with van der Waals surface area (Å²) in [6, 6.07) is 5.61. The van der Waals surface area contributed by atoms with Crippen molar-refractivity contribution in [3.05, 3.63) is 28.5 Å². The molecule has 19 heavy (non-hydrogen) atoms. The first-order chi connectivity index (χ1) is 9.12. The first-order valence-corrected chi connectivity index (χ1v) is 6.55. The Morgan fingerprint density at radius 1 is 1.32 bits per heavy atom. The Morgan fingerprint density at radius 3 is 2.58 bits per heavy atom. The van der Waals surface area contributed by atoms with Gasteiger partial charge in [0.2, 0.25) is 0 Å². The van der Waals surface area contributed by atoms with Gasteiger partial charge in [-0.2, -0.15) is 0 Å². The molecule has 0 fully saturated rings. The lowest BCUT2D eigenvalue weighted by Crippen LogP contribution is -1.97. The van der Waals surface area contributed by atoms with Gasteiger partial charge in [0.15, 0.2) is 0 Å². The van der Waals surface area contributed by atoms with Crippen LogP contribution < -0.4 is 15.2 Å². The zero-order valence-electron chi connectivity index (χ0n) is 11.1. The van der Waals surface area contributed by atoms with E-state index in [4.69, 9.17) is 15.2 Å². The monoisotopic (exact) mass is 325 g/mol. The van der Waals surface area contributed by atoms with Crippen LogP contribution in [0.1, 0.15) is 5.69 Å². The van der Waals surface area contributed by atoms with Crippen molar-refractivity contribution in [2.45, 2.75) is 6.54 Å². The van der Waals surface area contributed by atoms with E-state index in [0.29, 0.717) is 6.54 Å².